The van der Waals surface area contributed by atoms with Gasteiger partial charge in [-0.25, -0.2) is 4.39 Å². The molecule has 1 aromatic rings. The molecular weight excluding hydrogens is 535 g/mol. The van der Waals surface area contributed by atoms with Gasteiger partial charge >= 0.3 is 0 Å². The number of nitrogens with two attached hydrogens (primary N) is 1. The monoisotopic (exact) mass is 570 g/mol. The third-order valence-electron chi connectivity index (χ3n) is 9.39. The van der Waals surface area contributed by atoms with E-state index in [4.69, 9.17) is 5.73 Å². The number of rotatable bonds is 4. The second-order valence-corrected chi connectivity index (χ2v) is 11.9. The average Bonchev–Trinajstić information content (AvgIpc) is 3.01. The molecule has 1 fully saturated rings. The van der Waals surface area contributed by atoms with Crippen LogP contribution in [0.15, 0.2) is 23.0 Å². The number of fused-ring (bicyclic) bond motifs is 4. The van der Waals surface area contributed by atoms with E-state index in [9.17, 15) is 34.5 Å². The Kier molecular flexibility index (Phi) is 6.87. The van der Waals surface area contributed by atoms with Crippen molar-refractivity contribution in [3.05, 3.63) is 45.5 Å². The maximum atomic E-state index is 16.2. The van der Waals surface area contributed by atoms with E-state index >= 15 is 4.39 Å². The molecule has 41 heavy (non-hydrogen) atoms. The van der Waals surface area contributed by atoms with Gasteiger partial charge in [0.2, 0.25) is 11.7 Å². The standard InChI is InChI=1S/C29H35FN4O7/c1-6-11(2)21-28(40)32-17-9-14-13(20(30)15(17)10-34(21)5)7-12-8-16-22(33(3)4)24(36)19(27(31)39)26(38)29(16,41)25(37)18(12)23(14)35/h9,11-12,16,21-22,35,38,41H,6-8,10H2,1-5H3,(H2,31,39)(H,32,40)/t11?,12-,16-,21+,22-,29-/m0/s1. The number of likely N-dealkylation sites (N-methyl/N-ethyl adjacent to an activating group) is 2. The molecule has 1 heterocycles. The molecule has 6 N–H and O–H groups in total. The lowest BCUT2D eigenvalue weighted by Crippen LogP contribution is -2.65. The molecule has 1 aromatic carbocycles. The Hall–Kier alpha value is -3.61. The quantitative estimate of drug-likeness (QED) is 0.333. The van der Waals surface area contributed by atoms with E-state index in [-0.39, 0.29) is 59.2 Å². The van der Waals surface area contributed by atoms with Crippen LogP contribution in [0.1, 0.15) is 43.4 Å². The third kappa shape index (κ3) is 3.95. The number of primary amides is 1. The second-order valence-electron chi connectivity index (χ2n) is 11.9. The summed E-state index contributed by atoms with van der Waals surface area (Å²) in [5.41, 5.74) is 2.09. The van der Waals surface area contributed by atoms with Gasteiger partial charge in [0.1, 0.15) is 22.9 Å². The van der Waals surface area contributed by atoms with Crippen LogP contribution >= 0.6 is 0 Å². The zero-order valence-corrected chi connectivity index (χ0v) is 23.6. The molecule has 0 saturated heterocycles. The molecule has 3 aliphatic carbocycles. The van der Waals surface area contributed by atoms with E-state index in [2.05, 4.69) is 5.32 Å². The van der Waals surface area contributed by atoms with Gasteiger partial charge < -0.3 is 26.4 Å². The van der Waals surface area contributed by atoms with Gasteiger partial charge in [-0.1, -0.05) is 20.3 Å². The lowest BCUT2D eigenvalue weighted by molar-refractivity contribution is -0.153. The van der Waals surface area contributed by atoms with Crippen molar-refractivity contribution in [3.8, 4) is 0 Å². The average molecular weight is 571 g/mol. The lowest BCUT2D eigenvalue weighted by Gasteiger charge is -2.50. The Balaban J connectivity index is 1.67. The molecular formula is C29H35FN4O7. The highest BCUT2D eigenvalue weighted by atomic mass is 19.1. The molecule has 0 bridgehead atoms. The van der Waals surface area contributed by atoms with E-state index in [1.807, 2.05) is 13.8 Å². The summed E-state index contributed by atoms with van der Waals surface area (Å²) in [6.07, 6.45) is 0.628. The third-order valence-corrected chi connectivity index (χ3v) is 9.39. The fraction of sp³-hybridized carbons (Fsp3) is 0.517. The summed E-state index contributed by atoms with van der Waals surface area (Å²) in [6.45, 7) is 4.04. The predicted molar refractivity (Wildman–Crippen MR) is 146 cm³/mol. The summed E-state index contributed by atoms with van der Waals surface area (Å²) in [4.78, 5) is 55.6. The van der Waals surface area contributed by atoms with Crippen LogP contribution in [0.2, 0.25) is 0 Å². The van der Waals surface area contributed by atoms with Crippen LogP contribution in [0.4, 0.5) is 10.1 Å². The Morgan fingerprint density at radius 2 is 1.93 bits per heavy atom. The minimum Gasteiger partial charge on any atom is -0.508 e. The van der Waals surface area contributed by atoms with Gasteiger partial charge in [-0.3, -0.25) is 29.0 Å². The number of hydrogen-bond acceptors (Lipinski definition) is 9. The SMILES string of the molecule is CCC(C)[C@@H]1C(=O)Nc2cc3c(c(F)c2CN1C)C[C@H]1C[C@H]2[C@H](N(C)C)C(=O)C(C(N)=O)=C(O)[C@@]2(O)C(=O)C1=C3O. The van der Waals surface area contributed by atoms with Crippen molar-refractivity contribution in [1.29, 1.82) is 0 Å². The lowest BCUT2D eigenvalue weighted by atomic mass is 9.57. The van der Waals surface area contributed by atoms with Gasteiger partial charge in [0.25, 0.3) is 5.91 Å². The number of benzene rings is 1. The highest BCUT2D eigenvalue weighted by molar-refractivity contribution is 6.24. The summed E-state index contributed by atoms with van der Waals surface area (Å²) in [6, 6.07) is -0.268. The number of aliphatic hydroxyl groups excluding tert-OH is 2. The van der Waals surface area contributed by atoms with Gasteiger partial charge in [0.15, 0.2) is 11.4 Å². The Morgan fingerprint density at radius 1 is 1.27 bits per heavy atom. The van der Waals surface area contributed by atoms with Crippen LogP contribution in [0.25, 0.3) is 5.76 Å². The van der Waals surface area contributed by atoms with Gasteiger partial charge in [-0.2, -0.15) is 0 Å². The summed E-state index contributed by atoms with van der Waals surface area (Å²) in [7, 11) is 4.81. The van der Waals surface area contributed by atoms with Crippen LogP contribution in [0, 0.1) is 23.6 Å². The van der Waals surface area contributed by atoms with E-state index in [0.717, 1.165) is 6.42 Å². The predicted octanol–water partition coefficient (Wildman–Crippen LogP) is 1.20. The minimum atomic E-state index is -2.71. The number of aliphatic hydroxyl groups is 3. The molecule has 1 aliphatic heterocycles. The van der Waals surface area contributed by atoms with Crippen molar-refractivity contribution in [2.75, 3.05) is 26.5 Å². The van der Waals surface area contributed by atoms with Crippen molar-refractivity contribution in [2.24, 2.45) is 23.5 Å². The van der Waals surface area contributed by atoms with Crippen LogP contribution in [0.3, 0.4) is 0 Å². The smallest absolute Gasteiger partial charge is 0.255 e. The van der Waals surface area contributed by atoms with Crippen LogP contribution < -0.4 is 11.1 Å². The van der Waals surface area contributed by atoms with Crippen molar-refractivity contribution < 1.29 is 38.9 Å². The van der Waals surface area contributed by atoms with Gasteiger partial charge in [-0.15, -0.1) is 0 Å². The van der Waals surface area contributed by atoms with E-state index in [0.29, 0.717) is 0 Å². The topological polar surface area (TPSA) is 174 Å². The number of amides is 2. The number of nitrogens with one attached hydrogen (secondary N) is 1. The number of ketones is 2. The number of carbonyl (C=O) groups is 4. The van der Waals surface area contributed by atoms with E-state index in [1.165, 1.54) is 25.1 Å². The maximum Gasteiger partial charge on any atom is 0.255 e. The van der Waals surface area contributed by atoms with Crippen molar-refractivity contribution in [1.82, 2.24) is 9.80 Å². The van der Waals surface area contributed by atoms with Crippen molar-refractivity contribution >= 4 is 34.8 Å². The van der Waals surface area contributed by atoms with Crippen molar-refractivity contribution in [2.45, 2.75) is 57.3 Å². The molecule has 0 radical (unpaired) electrons. The van der Waals surface area contributed by atoms with Crippen LogP contribution in [-0.4, -0.2) is 87.3 Å². The molecule has 0 spiro atoms. The molecule has 11 nitrogen and oxygen atoms in total. The summed E-state index contributed by atoms with van der Waals surface area (Å²) in [5.74, 6) is -7.89. The van der Waals surface area contributed by atoms with Crippen molar-refractivity contribution in [3.63, 3.8) is 0 Å². The number of Topliss-reactive ketones (excluding diaryl/α,β-unsaturated/α-hetero) is 2. The normalized spacial score (nSPS) is 30.8. The number of carbonyl (C=O) groups excluding carboxylic acids is 4. The zero-order valence-electron chi connectivity index (χ0n) is 23.6. The zero-order chi connectivity index (χ0) is 30.3. The number of halogens is 1. The minimum absolute atomic E-state index is 0.00882. The van der Waals surface area contributed by atoms with E-state index in [1.54, 1.807) is 11.9 Å². The van der Waals surface area contributed by atoms with Gasteiger partial charge in [-0.05, 0) is 57.5 Å². The maximum absolute atomic E-state index is 16.2. The van der Waals surface area contributed by atoms with E-state index < -0.39 is 69.9 Å². The molecule has 1 unspecified atom stereocenters. The first-order valence-electron chi connectivity index (χ1n) is 13.7. The molecule has 6 atom stereocenters. The Morgan fingerprint density at radius 3 is 2.51 bits per heavy atom. The number of nitrogens with zero attached hydrogens (tertiary/aromatic N) is 2. The van der Waals surface area contributed by atoms with Crippen LogP contribution in [0.5, 0.6) is 0 Å². The first kappa shape index (κ1) is 28.9. The Bertz CT molecular complexity index is 1470. The molecule has 5 rings (SSSR count). The van der Waals surface area contributed by atoms with Crippen LogP contribution in [-0.2, 0) is 32.1 Å². The molecule has 12 heteroatoms. The molecule has 0 aromatic heterocycles. The molecule has 220 valence electrons. The van der Waals surface area contributed by atoms with Gasteiger partial charge in [0.05, 0.1) is 12.1 Å². The summed E-state index contributed by atoms with van der Waals surface area (Å²) >= 11 is 0. The number of hydrogen-bond donors (Lipinski definition) is 5. The van der Waals surface area contributed by atoms with Gasteiger partial charge in [0, 0.05) is 34.9 Å². The summed E-state index contributed by atoms with van der Waals surface area (Å²) < 4.78 is 16.2. The molecule has 4 aliphatic rings. The number of anilines is 1. The first-order valence-corrected chi connectivity index (χ1v) is 13.7. The highest BCUT2D eigenvalue weighted by Gasteiger charge is 2.64. The Labute approximate surface area is 236 Å². The second kappa shape index (κ2) is 9.74. The molecule has 1 saturated carbocycles. The highest BCUT2D eigenvalue weighted by Crippen LogP contribution is 2.52. The summed E-state index contributed by atoms with van der Waals surface area (Å²) in [5, 5.41) is 36.8. The fourth-order valence-corrected chi connectivity index (χ4v) is 7.23. The molecule has 2 amide bonds. The first-order chi connectivity index (χ1) is 19.2. The fourth-order valence-electron chi connectivity index (χ4n) is 7.23. The largest absolute Gasteiger partial charge is 0.508 e.